The third-order valence-corrected chi connectivity index (χ3v) is 2.17. The Morgan fingerprint density at radius 1 is 1.35 bits per heavy atom. The van der Waals surface area contributed by atoms with Crippen molar-refractivity contribution >= 4 is 28.9 Å². The van der Waals surface area contributed by atoms with E-state index in [2.05, 4.69) is 16.2 Å². The Morgan fingerprint density at radius 3 is 2.59 bits per heavy atom. The monoisotopic (exact) mass is 254 g/mol. The van der Waals surface area contributed by atoms with Gasteiger partial charge in [-0.3, -0.25) is 25.8 Å². The van der Waals surface area contributed by atoms with Gasteiger partial charge in [-0.1, -0.05) is 12.1 Å². The van der Waals surface area contributed by atoms with Crippen LogP contribution in [0.1, 0.15) is 10.4 Å². The molecule has 0 spiro atoms. The number of hydrazine groups is 1. The van der Waals surface area contributed by atoms with Gasteiger partial charge >= 0.3 is 0 Å². The molecule has 0 fully saturated rings. The maximum absolute atomic E-state index is 11.6. The summed E-state index contributed by atoms with van der Waals surface area (Å²) in [7, 11) is 1.58. The number of nitro groups is 1. The van der Waals surface area contributed by atoms with Gasteiger partial charge in [-0.15, -0.1) is 0 Å². The second-order valence-corrected chi connectivity index (χ2v) is 3.34. The maximum atomic E-state index is 11.6. The van der Waals surface area contributed by atoms with Crippen molar-refractivity contribution in [2.24, 2.45) is 0 Å². The first-order valence-corrected chi connectivity index (χ1v) is 4.98. The van der Waals surface area contributed by atoms with Crippen LogP contribution in [0.4, 0.5) is 5.69 Å². The van der Waals surface area contributed by atoms with Crippen molar-refractivity contribution in [3.8, 4) is 0 Å². The average molecular weight is 254 g/mol. The van der Waals surface area contributed by atoms with Gasteiger partial charge in [-0.25, -0.2) is 0 Å². The zero-order valence-corrected chi connectivity index (χ0v) is 9.71. The van der Waals surface area contributed by atoms with E-state index in [4.69, 9.17) is 12.2 Å². The number of hydrogen-bond donors (Lipinski definition) is 3. The van der Waals surface area contributed by atoms with Crippen LogP contribution in [0.25, 0.3) is 0 Å². The molecule has 8 heteroatoms. The van der Waals surface area contributed by atoms with Crippen molar-refractivity contribution in [2.75, 3.05) is 7.05 Å². The third kappa shape index (κ3) is 3.38. The predicted molar refractivity (Wildman–Crippen MR) is 65.4 cm³/mol. The summed E-state index contributed by atoms with van der Waals surface area (Å²) in [6.45, 7) is 0. The van der Waals surface area contributed by atoms with Gasteiger partial charge < -0.3 is 5.32 Å². The van der Waals surface area contributed by atoms with Crippen molar-refractivity contribution in [3.63, 3.8) is 0 Å². The molecule has 1 aromatic carbocycles. The molecule has 7 nitrogen and oxygen atoms in total. The number of hydrogen-bond acceptors (Lipinski definition) is 4. The molecule has 0 aliphatic rings. The lowest BCUT2D eigenvalue weighted by atomic mass is 10.2. The molecule has 0 saturated carbocycles. The third-order valence-electron chi connectivity index (χ3n) is 1.86. The number of para-hydroxylation sites is 1. The zero-order valence-electron chi connectivity index (χ0n) is 8.89. The molecule has 0 bridgehead atoms. The first-order chi connectivity index (χ1) is 8.06. The van der Waals surface area contributed by atoms with Crippen LogP contribution < -0.4 is 16.2 Å². The minimum atomic E-state index is -0.630. The fourth-order valence-electron chi connectivity index (χ4n) is 1.07. The predicted octanol–water partition coefficient (Wildman–Crippen LogP) is 0.333. The van der Waals surface area contributed by atoms with E-state index >= 15 is 0 Å². The van der Waals surface area contributed by atoms with Gasteiger partial charge in [0.05, 0.1) is 4.92 Å². The smallest absolute Gasteiger partial charge is 0.282 e. The SMILES string of the molecule is CNC(=S)NNC(=O)c1ccccc1[N+](=O)[O-]. The number of nitrogens with one attached hydrogen (secondary N) is 3. The van der Waals surface area contributed by atoms with E-state index in [9.17, 15) is 14.9 Å². The van der Waals surface area contributed by atoms with E-state index < -0.39 is 10.8 Å². The normalized spacial score (nSPS) is 9.24. The topological polar surface area (TPSA) is 96.3 Å². The Morgan fingerprint density at radius 2 is 2.00 bits per heavy atom. The number of rotatable bonds is 2. The summed E-state index contributed by atoms with van der Waals surface area (Å²) in [5.41, 5.74) is 4.34. The van der Waals surface area contributed by atoms with Crippen LogP contribution in [-0.4, -0.2) is 23.0 Å². The molecule has 3 N–H and O–H groups in total. The molecule has 0 saturated heterocycles. The standard InChI is InChI=1S/C9H10N4O3S/c1-10-9(17)12-11-8(14)6-4-2-3-5-7(6)13(15)16/h2-5H,1H3,(H,11,14)(H2,10,12,17). The summed E-state index contributed by atoms with van der Waals surface area (Å²) in [6.07, 6.45) is 0. The van der Waals surface area contributed by atoms with Crippen molar-refractivity contribution < 1.29 is 9.72 Å². The maximum Gasteiger partial charge on any atom is 0.282 e. The molecular formula is C9H10N4O3S. The minimum Gasteiger partial charge on any atom is -0.364 e. The highest BCUT2D eigenvalue weighted by Gasteiger charge is 2.18. The lowest BCUT2D eigenvalue weighted by molar-refractivity contribution is -0.385. The molecule has 1 amide bonds. The highest BCUT2D eigenvalue weighted by atomic mass is 32.1. The fourth-order valence-corrected chi connectivity index (χ4v) is 1.12. The number of nitro benzene ring substituents is 1. The molecule has 0 aliphatic carbocycles. The molecule has 1 rings (SSSR count). The molecule has 0 aromatic heterocycles. The molecule has 17 heavy (non-hydrogen) atoms. The summed E-state index contributed by atoms with van der Waals surface area (Å²) >= 11 is 4.74. The number of nitrogens with zero attached hydrogens (tertiary/aromatic N) is 1. The number of thiocarbonyl (C=S) groups is 1. The molecule has 0 heterocycles. The quantitative estimate of drug-likeness (QED) is 0.400. The van der Waals surface area contributed by atoms with E-state index in [-0.39, 0.29) is 16.4 Å². The van der Waals surface area contributed by atoms with E-state index in [0.717, 1.165) is 0 Å². The summed E-state index contributed by atoms with van der Waals surface area (Å²) in [5.74, 6) is -0.630. The van der Waals surface area contributed by atoms with E-state index in [1.165, 1.54) is 24.3 Å². The molecule has 0 radical (unpaired) electrons. The summed E-state index contributed by atoms with van der Waals surface area (Å²) in [5, 5.41) is 13.5. The van der Waals surface area contributed by atoms with Crippen molar-refractivity contribution in [3.05, 3.63) is 39.9 Å². The Balaban J connectivity index is 2.82. The fraction of sp³-hybridized carbons (Fsp3) is 0.111. The Kier molecular flexibility index (Phi) is 4.35. The number of amides is 1. The van der Waals surface area contributed by atoms with E-state index in [0.29, 0.717) is 0 Å². The Bertz CT molecular complexity index is 463. The minimum absolute atomic E-state index is 0.0381. The number of benzene rings is 1. The Labute approximate surface area is 102 Å². The van der Waals surface area contributed by atoms with Crippen molar-refractivity contribution in [1.82, 2.24) is 16.2 Å². The second-order valence-electron chi connectivity index (χ2n) is 2.93. The van der Waals surface area contributed by atoms with Crippen LogP contribution in [0.15, 0.2) is 24.3 Å². The molecular weight excluding hydrogens is 244 g/mol. The van der Waals surface area contributed by atoms with Crippen LogP contribution in [0.2, 0.25) is 0 Å². The van der Waals surface area contributed by atoms with Gasteiger partial charge in [0.2, 0.25) is 0 Å². The van der Waals surface area contributed by atoms with Crippen molar-refractivity contribution in [1.29, 1.82) is 0 Å². The Hall–Kier alpha value is -2.22. The van der Waals surface area contributed by atoms with Crippen LogP contribution in [0.5, 0.6) is 0 Å². The summed E-state index contributed by atoms with van der Waals surface area (Å²) in [6, 6.07) is 5.64. The molecule has 90 valence electrons. The van der Waals surface area contributed by atoms with Crippen LogP contribution in [0, 0.1) is 10.1 Å². The molecule has 0 atom stereocenters. The average Bonchev–Trinajstić information content (AvgIpc) is 2.35. The van der Waals surface area contributed by atoms with Gasteiger partial charge in [0, 0.05) is 13.1 Å². The highest BCUT2D eigenvalue weighted by Crippen LogP contribution is 2.16. The van der Waals surface area contributed by atoms with Crippen LogP contribution >= 0.6 is 12.2 Å². The first-order valence-electron chi connectivity index (χ1n) is 4.57. The van der Waals surface area contributed by atoms with Gasteiger partial charge in [0.1, 0.15) is 5.56 Å². The molecule has 0 aliphatic heterocycles. The van der Waals surface area contributed by atoms with Gasteiger partial charge in [0.25, 0.3) is 11.6 Å². The highest BCUT2D eigenvalue weighted by molar-refractivity contribution is 7.80. The number of carbonyl (C=O) groups excluding carboxylic acids is 1. The second kappa shape index (κ2) is 5.75. The van der Waals surface area contributed by atoms with Crippen LogP contribution in [-0.2, 0) is 0 Å². The zero-order chi connectivity index (χ0) is 12.8. The summed E-state index contributed by atoms with van der Waals surface area (Å²) in [4.78, 5) is 21.7. The van der Waals surface area contributed by atoms with Gasteiger partial charge in [-0.2, -0.15) is 0 Å². The first kappa shape index (κ1) is 12.8. The molecule has 1 aromatic rings. The van der Waals surface area contributed by atoms with Gasteiger partial charge in [-0.05, 0) is 18.3 Å². The van der Waals surface area contributed by atoms with Crippen molar-refractivity contribution in [2.45, 2.75) is 0 Å². The van der Waals surface area contributed by atoms with E-state index in [1.54, 1.807) is 7.05 Å². The van der Waals surface area contributed by atoms with E-state index in [1.807, 2.05) is 0 Å². The lowest BCUT2D eigenvalue weighted by Gasteiger charge is -2.08. The summed E-state index contributed by atoms with van der Waals surface area (Å²) < 4.78 is 0. The van der Waals surface area contributed by atoms with Gasteiger partial charge in [0.15, 0.2) is 5.11 Å². The molecule has 0 unspecified atom stereocenters. The van der Waals surface area contributed by atoms with Crippen LogP contribution in [0.3, 0.4) is 0 Å². The lowest BCUT2D eigenvalue weighted by Crippen LogP contribution is -2.45. The number of carbonyl (C=O) groups is 1. The largest absolute Gasteiger partial charge is 0.364 e.